The molecule has 1 atom stereocenters. The van der Waals surface area contributed by atoms with E-state index in [-0.39, 0.29) is 5.02 Å². The topological polar surface area (TPSA) is 21.3 Å². The van der Waals surface area contributed by atoms with Crippen molar-refractivity contribution in [2.75, 3.05) is 18.5 Å². The summed E-state index contributed by atoms with van der Waals surface area (Å²) >= 11 is 5.75. The molecule has 0 heterocycles. The van der Waals surface area contributed by atoms with E-state index in [0.717, 1.165) is 17.9 Å². The van der Waals surface area contributed by atoms with Crippen LogP contribution in [0.4, 0.5) is 10.1 Å². The number of benzene rings is 2. The Kier molecular flexibility index (Phi) is 6.08. The summed E-state index contributed by atoms with van der Waals surface area (Å²) in [7, 11) is 0. The van der Waals surface area contributed by atoms with Gasteiger partial charge in [-0.25, -0.2) is 4.39 Å². The van der Waals surface area contributed by atoms with Gasteiger partial charge in [0.1, 0.15) is 18.2 Å². The van der Waals surface area contributed by atoms with Gasteiger partial charge in [0.05, 0.1) is 5.02 Å². The summed E-state index contributed by atoms with van der Waals surface area (Å²) in [6, 6.07) is 12.7. The third kappa shape index (κ3) is 4.38. The van der Waals surface area contributed by atoms with Crippen LogP contribution in [0.3, 0.4) is 0 Å². The van der Waals surface area contributed by atoms with E-state index >= 15 is 0 Å². The van der Waals surface area contributed by atoms with Crippen molar-refractivity contribution in [1.82, 2.24) is 0 Å². The molecule has 118 valence electrons. The summed E-state index contributed by atoms with van der Waals surface area (Å²) in [6.07, 6.45) is 1.08. The molecule has 0 radical (unpaired) electrons. The Labute approximate surface area is 136 Å². The molecule has 2 nitrogen and oxygen atoms in total. The third-order valence-corrected chi connectivity index (χ3v) is 3.96. The zero-order valence-corrected chi connectivity index (χ0v) is 13.7. The molecule has 2 aromatic rings. The summed E-state index contributed by atoms with van der Waals surface area (Å²) in [5.74, 6) is 0.988. The van der Waals surface area contributed by atoms with E-state index in [1.165, 1.54) is 11.6 Å². The summed E-state index contributed by atoms with van der Waals surface area (Å²) in [4.78, 5) is 0. The molecule has 0 spiro atoms. The number of hydrogen-bond donors (Lipinski definition) is 1. The van der Waals surface area contributed by atoms with Gasteiger partial charge in [-0.15, -0.1) is 0 Å². The van der Waals surface area contributed by atoms with Crippen molar-refractivity contribution in [3.8, 4) is 5.75 Å². The van der Waals surface area contributed by atoms with Crippen molar-refractivity contribution in [2.45, 2.75) is 26.2 Å². The van der Waals surface area contributed by atoms with Crippen LogP contribution < -0.4 is 10.1 Å². The summed E-state index contributed by atoms with van der Waals surface area (Å²) < 4.78 is 18.9. The van der Waals surface area contributed by atoms with Crippen LogP contribution in [0.15, 0.2) is 42.5 Å². The van der Waals surface area contributed by atoms with Crippen LogP contribution in [-0.4, -0.2) is 13.2 Å². The highest BCUT2D eigenvalue weighted by Gasteiger charge is 2.09. The van der Waals surface area contributed by atoms with Crippen molar-refractivity contribution >= 4 is 17.3 Å². The third-order valence-electron chi connectivity index (χ3n) is 3.67. The molecule has 0 bridgehead atoms. The van der Waals surface area contributed by atoms with Crippen molar-refractivity contribution in [1.29, 1.82) is 0 Å². The molecule has 0 fully saturated rings. The minimum Gasteiger partial charge on any atom is -0.491 e. The Hall–Kier alpha value is -1.74. The Bertz CT molecular complexity index is 618. The number of ether oxygens (including phenoxy) is 1. The molecule has 0 aromatic heterocycles. The van der Waals surface area contributed by atoms with Gasteiger partial charge in [-0.1, -0.05) is 43.6 Å². The molecule has 1 unspecified atom stereocenters. The van der Waals surface area contributed by atoms with Crippen molar-refractivity contribution < 1.29 is 9.13 Å². The number of hydrogen-bond acceptors (Lipinski definition) is 2. The molecular weight excluding hydrogens is 301 g/mol. The first-order chi connectivity index (χ1) is 10.6. The first kappa shape index (κ1) is 16.6. The molecule has 0 saturated carbocycles. The molecule has 0 saturated heterocycles. The number of rotatable bonds is 7. The fourth-order valence-electron chi connectivity index (χ4n) is 2.20. The maximum Gasteiger partial charge on any atom is 0.141 e. The first-order valence-corrected chi connectivity index (χ1v) is 7.90. The minimum absolute atomic E-state index is 0.119. The van der Waals surface area contributed by atoms with Crippen LogP contribution >= 0.6 is 11.6 Å². The van der Waals surface area contributed by atoms with Crippen LogP contribution in [0, 0.1) is 5.82 Å². The van der Waals surface area contributed by atoms with Crippen molar-refractivity contribution in [3.63, 3.8) is 0 Å². The maximum atomic E-state index is 13.1. The summed E-state index contributed by atoms with van der Waals surface area (Å²) in [6.45, 7) is 5.52. The molecule has 0 aliphatic rings. The molecule has 0 aliphatic heterocycles. The lowest BCUT2D eigenvalue weighted by Gasteiger charge is -2.16. The number of halogens is 2. The van der Waals surface area contributed by atoms with Gasteiger partial charge in [-0.05, 0) is 42.2 Å². The first-order valence-electron chi connectivity index (χ1n) is 7.52. The van der Waals surface area contributed by atoms with E-state index in [0.29, 0.717) is 19.1 Å². The second-order valence-electron chi connectivity index (χ2n) is 5.25. The zero-order valence-electron chi connectivity index (χ0n) is 12.9. The highest BCUT2D eigenvalue weighted by Crippen LogP contribution is 2.28. The van der Waals surface area contributed by atoms with Crippen LogP contribution in [0.1, 0.15) is 31.7 Å². The summed E-state index contributed by atoms with van der Waals surface area (Å²) in [5.41, 5.74) is 2.01. The standard InChI is InChI=1S/C18H21ClFNO/c1-3-13(2)15-6-4-5-7-18(15)22-11-10-21-14-8-9-17(20)16(19)12-14/h4-9,12-13,21H,3,10-11H2,1-2H3. The van der Waals surface area contributed by atoms with Gasteiger partial charge in [-0.2, -0.15) is 0 Å². The molecule has 22 heavy (non-hydrogen) atoms. The van der Waals surface area contributed by atoms with Crippen LogP contribution in [0.25, 0.3) is 0 Å². The van der Waals surface area contributed by atoms with E-state index in [1.54, 1.807) is 12.1 Å². The lowest BCUT2D eigenvalue weighted by Crippen LogP contribution is -2.12. The van der Waals surface area contributed by atoms with E-state index in [2.05, 4.69) is 25.2 Å². The lowest BCUT2D eigenvalue weighted by atomic mass is 9.98. The number of para-hydroxylation sites is 1. The Morgan fingerprint density at radius 1 is 1.23 bits per heavy atom. The minimum atomic E-state index is -0.411. The molecule has 2 rings (SSSR count). The average Bonchev–Trinajstić information content (AvgIpc) is 2.54. The van der Waals surface area contributed by atoms with E-state index < -0.39 is 5.82 Å². The SMILES string of the molecule is CCC(C)c1ccccc1OCCNc1ccc(F)c(Cl)c1. The largest absolute Gasteiger partial charge is 0.491 e. The number of anilines is 1. The Balaban J connectivity index is 1.87. The molecule has 0 aliphatic carbocycles. The Morgan fingerprint density at radius 2 is 2.00 bits per heavy atom. The average molecular weight is 322 g/mol. The fraction of sp³-hybridized carbons (Fsp3) is 0.333. The van der Waals surface area contributed by atoms with Crippen LogP contribution in [0.5, 0.6) is 5.75 Å². The predicted molar refractivity (Wildman–Crippen MR) is 90.5 cm³/mol. The van der Waals surface area contributed by atoms with Crippen LogP contribution in [-0.2, 0) is 0 Å². The molecular formula is C18H21ClFNO. The van der Waals surface area contributed by atoms with E-state index in [9.17, 15) is 4.39 Å². The van der Waals surface area contributed by atoms with Crippen molar-refractivity contribution in [2.24, 2.45) is 0 Å². The normalized spacial score (nSPS) is 12.0. The van der Waals surface area contributed by atoms with Gasteiger partial charge in [0.25, 0.3) is 0 Å². The van der Waals surface area contributed by atoms with Gasteiger partial charge < -0.3 is 10.1 Å². The van der Waals surface area contributed by atoms with E-state index in [1.807, 2.05) is 18.2 Å². The number of nitrogens with one attached hydrogen (secondary N) is 1. The van der Waals surface area contributed by atoms with Gasteiger partial charge in [-0.3, -0.25) is 0 Å². The van der Waals surface area contributed by atoms with Crippen LogP contribution in [0.2, 0.25) is 5.02 Å². The fourth-order valence-corrected chi connectivity index (χ4v) is 2.38. The second kappa shape index (κ2) is 8.04. The van der Waals surface area contributed by atoms with Crippen molar-refractivity contribution in [3.05, 3.63) is 58.9 Å². The monoisotopic (exact) mass is 321 g/mol. The van der Waals surface area contributed by atoms with Gasteiger partial charge in [0.2, 0.25) is 0 Å². The molecule has 4 heteroatoms. The molecule has 1 N–H and O–H groups in total. The van der Waals surface area contributed by atoms with E-state index in [4.69, 9.17) is 16.3 Å². The molecule has 0 amide bonds. The smallest absolute Gasteiger partial charge is 0.141 e. The quantitative estimate of drug-likeness (QED) is 0.681. The lowest BCUT2D eigenvalue weighted by molar-refractivity contribution is 0.327. The Morgan fingerprint density at radius 3 is 2.73 bits per heavy atom. The van der Waals surface area contributed by atoms with Gasteiger partial charge >= 0.3 is 0 Å². The highest BCUT2D eigenvalue weighted by atomic mass is 35.5. The highest BCUT2D eigenvalue weighted by molar-refractivity contribution is 6.31. The predicted octanol–water partition coefficient (Wildman–Crippen LogP) is 5.48. The zero-order chi connectivity index (χ0) is 15.9. The van der Waals surface area contributed by atoms with Gasteiger partial charge in [0, 0.05) is 12.2 Å². The second-order valence-corrected chi connectivity index (χ2v) is 5.66. The molecule has 2 aromatic carbocycles. The maximum absolute atomic E-state index is 13.1. The summed E-state index contributed by atoms with van der Waals surface area (Å²) in [5, 5.41) is 3.29. The van der Waals surface area contributed by atoms with Gasteiger partial charge in [0.15, 0.2) is 0 Å².